The van der Waals surface area contributed by atoms with Gasteiger partial charge in [0.15, 0.2) is 0 Å². The van der Waals surface area contributed by atoms with Crippen molar-refractivity contribution in [2.45, 2.75) is 37.8 Å². The van der Waals surface area contributed by atoms with E-state index >= 15 is 0 Å². The van der Waals surface area contributed by atoms with Crippen LogP contribution in [0, 0.1) is 0 Å². The lowest BCUT2D eigenvalue weighted by Gasteiger charge is -2.49. The molecule has 1 aliphatic rings. The zero-order valence-electron chi connectivity index (χ0n) is 19.7. The highest BCUT2D eigenvalue weighted by molar-refractivity contribution is 6.35. The number of carbonyl (C=O) groups excluding carboxylic acids is 2. The van der Waals surface area contributed by atoms with Gasteiger partial charge in [-0.2, -0.15) is 0 Å². The van der Waals surface area contributed by atoms with E-state index in [1.54, 1.807) is 49.1 Å². The maximum absolute atomic E-state index is 13.8. The molecule has 0 unspecified atom stereocenters. The molecule has 5 nitrogen and oxygen atoms in total. The molecule has 0 fully saturated rings. The smallest absolute Gasteiger partial charge is 0.255 e. The van der Waals surface area contributed by atoms with Gasteiger partial charge < -0.3 is 15.3 Å². The molecule has 35 heavy (non-hydrogen) atoms. The fourth-order valence-corrected chi connectivity index (χ4v) is 5.22. The Kier molecular flexibility index (Phi) is 7.50. The number of nitrogens with zero attached hydrogens (tertiary/aromatic N) is 1. The van der Waals surface area contributed by atoms with Crippen molar-refractivity contribution in [3.63, 3.8) is 0 Å². The SMILES string of the molecule is CC(C)(CO)N1C(=O)c2ccccc2[C@@H](C(=O)NCCc2ccccc2)[C@@H]1c1ccc(Cl)cc1Cl. The van der Waals surface area contributed by atoms with Crippen LogP contribution in [0.4, 0.5) is 0 Å². The quantitative estimate of drug-likeness (QED) is 0.446. The van der Waals surface area contributed by atoms with Gasteiger partial charge in [0.2, 0.25) is 5.91 Å². The van der Waals surface area contributed by atoms with E-state index in [2.05, 4.69) is 5.32 Å². The second-order valence-corrected chi connectivity index (χ2v) is 10.2. The first-order valence-electron chi connectivity index (χ1n) is 11.5. The van der Waals surface area contributed by atoms with Gasteiger partial charge in [-0.1, -0.05) is 77.8 Å². The molecule has 3 aromatic carbocycles. The number of fused-ring (bicyclic) bond motifs is 1. The van der Waals surface area contributed by atoms with Gasteiger partial charge in [-0.15, -0.1) is 0 Å². The van der Waals surface area contributed by atoms with Gasteiger partial charge in [0, 0.05) is 22.2 Å². The Balaban J connectivity index is 1.80. The molecule has 2 N–H and O–H groups in total. The molecule has 1 heterocycles. The van der Waals surface area contributed by atoms with Crippen LogP contribution in [0.1, 0.15) is 52.9 Å². The highest BCUT2D eigenvalue weighted by Gasteiger charge is 2.49. The summed E-state index contributed by atoms with van der Waals surface area (Å²) >= 11 is 12.8. The molecular formula is C28H28Cl2N2O3. The van der Waals surface area contributed by atoms with Crippen molar-refractivity contribution < 1.29 is 14.7 Å². The summed E-state index contributed by atoms with van der Waals surface area (Å²) in [4.78, 5) is 29.2. The fourth-order valence-electron chi connectivity index (χ4n) is 4.70. The Labute approximate surface area is 215 Å². The van der Waals surface area contributed by atoms with E-state index in [9.17, 15) is 14.7 Å². The highest BCUT2D eigenvalue weighted by Crippen LogP contribution is 2.47. The van der Waals surface area contributed by atoms with Crippen LogP contribution >= 0.6 is 23.2 Å². The number of benzene rings is 3. The standard InChI is InChI=1S/C28H28Cl2N2O3/c1-28(2,17-33)32-25(22-13-12-19(29)16-23(22)30)24(20-10-6-7-11-21(20)27(32)35)26(34)31-15-14-18-8-4-3-5-9-18/h3-13,16,24-25,33H,14-15,17H2,1-2H3,(H,31,34)/t24-,25+/m1/s1. The van der Waals surface area contributed by atoms with Gasteiger partial charge in [-0.3, -0.25) is 9.59 Å². The second kappa shape index (κ2) is 10.4. The average molecular weight is 511 g/mol. The van der Waals surface area contributed by atoms with Gasteiger partial charge in [0.25, 0.3) is 5.91 Å². The second-order valence-electron chi connectivity index (χ2n) is 9.35. The van der Waals surface area contributed by atoms with Crippen molar-refractivity contribution in [3.8, 4) is 0 Å². The maximum Gasteiger partial charge on any atom is 0.255 e. The molecule has 0 radical (unpaired) electrons. The van der Waals surface area contributed by atoms with Gasteiger partial charge in [-0.25, -0.2) is 0 Å². The van der Waals surface area contributed by atoms with Crippen molar-refractivity contribution in [2.24, 2.45) is 0 Å². The Bertz CT molecular complexity index is 1230. The van der Waals surface area contributed by atoms with Gasteiger partial charge >= 0.3 is 0 Å². The number of aliphatic hydroxyl groups is 1. The monoisotopic (exact) mass is 510 g/mol. The van der Waals surface area contributed by atoms with E-state index in [4.69, 9.17) is 23.2 Å². The van der Waals surface area contributed by atoms with Crippen molar-refractivity contribution in [2.75, 3.05) is 13.2 Å². The molecule has 2 amide bonds. The number of halogens is 2. The molecule has 0 saturated heterocycles. The summed E-state index contributed by atoms with van der Waals surface area (Å²) in [6.45, 7) is 3.71. The predicted molar refractivity (Wildman–Crippen MR) is 139 cm³/mol. The third-order valence-electron chi connectivity index (χ3n) is 6.50. The molecule has 0 spiro atoms. The molecule has 4 rings (SSSR count). The van der Waals surface area contributed by atoms with Crippen molar-refractivity contribution in [3.05, 3.63) is 105 Å². The van der Waals surface area contributed by atoms with E-state index in [-0.39, 0.29) is 18.4 Å². The Morgan fingerprint density at radius 2 is 1.69 bits per heavy atom. The first kappa shape index (κ1) is 25.2. The van der Waals surface area contributed by atoms with Gasteiger partial charge in [0.1, 0.15) is 0 Å². The zero-order valence-corrected chi connectivity index (χ0v) is 21.2. The molecule has 1 aliphatic heterocycles. The normalized spacial score (nSPS) is 17.7. The molecule has 7 heteroatoms. The average Bonchev–Trinajstić information content (AvgIpc) is 2.84. The van der Waals surface area contributed by atoms with Crippen LogP contribution in [0.3, 0.4) is 0 Å². The first-order chi connectivity index (χ1) is 16.7. The largest absolute Gasteiger partial charge is 0.394 e. The third-order valence-corrected chi connectivity index (χ3v) is 7.06. The molecular weight excluding hydrogens is 483 g/mol. The van der Waals surface area contributed by atoms with E-state index < -0.39 is 17.5 Å². The van der Waals surface area contributed by atoms with Crippen molar-refractivity contribution in [1.29, 1.82) is 0 Å². The van der Waals surface area contributed by atoms with Crippen molar-refractivity contribution in [1.82, 2.24) is 10.2 Å². The number of aliphatic hydroxyl groups excluding tert-OH is 1. The maximum atomic E-state index is 13.8. The third kappa shape index (κ3) is 5.08. The highest BCUT2D eigenvalue weighted by atomic mass is 35.5. The minimum absolute atomic E-state index is 0.212. The lowest BCUT2D eigenvalue weighted by atomic mass is 9.77. The van der Waals surface area contributed by atoms with Crippen LogP contribution in [0.25, 0.3) is 0 Å². The van der Waals surface area contributed by atoms with Crippen LogP contribution in [0.15, 0.2) is 72.8 Å². The van der Waals surface area contributed by atoms with E-state index in [0.29, 0.717) is 39.7 Å². The van der Waals surface area contributed by atoms with Crippen molar-refractivity contribution >= 4 is 35.0 Å². The topological polar surface area (TPSA) is 69.6 Å². The number of hydrogen-bond donors (Lipinski definition) is 2. The summed E-state index contributed by atoms with van der Waals surface area (Å²) in [5.74, 6) is -1.20. The molecule has 0 bridgehead atoms. The number of carbonyl (C=O) groups is 2. The molecule has 2 atom stereocenters. The van der Waals surface area contributed by atoms with E-state index in [1.165, 1.54) is 0 Å². The molecule has 3 aromatic rings. The molecule has 0 aliphatic carbocycles. The van der Waals surface area contributed by atoms with Crippen LogP contribution in [0.5, 0.6) is 0 Å². The molecule has 0 saturated carbocycles. The minimum Gasteiger partial charge on any atom is -0.394 e. The first-order valence-corrected chi connectivity index (χ1v) is 12.3. The summed E-state index contributed by atoms with van der Waals surface area (Å²) in [6, 6.07) is 21.4. The van der Waals surface area contributed by atoms with Gasteiger partial charge in [0.05, 0.1) is 24.1 Å². The van der Waals surface area contributed by atoms with Crippen LogP contribution in [-0.2, 0) is 11.2 Å². The Morgan fingerprint density at radius 3 is 2.37 bits per heavy atom. The van der Waals surface area contributed by atoms with Crippen LogP contribution in [0.2, 0.25) is 10.0 Å². The number of nitrogens with one attached hydrogen (secondary N) is 1. The van der Waals surface area contributed by atoms with E-state index in [0.717, 1.165) is 5.56 Å². The van der Waals surface area contributed by atoms with Crippen LogP contribution in [-0.4, -0.2) is 40.5 Å². The Hall–Kier alpha value is -2.86. The summed E-state index contributed by atoms with van der Waals surface area (Å²) in [5, 5.41) is 14.1. The van der Waals surface area contributed by atoms with E-state index in [1.807, 2.05) is 42.5 Å². The lowest BCUT2D eigenvalue weighted by Crippen LogP contribution is -2.57. The summed E-state index contributed by atoms with van der Waals surface area (Å²) < 4.78 is 0. The van der Waals surface area contributed by atoms with Gasteiger partial charge in [-0.05, 0) is 55.2 Å². The Morgan fingerprint density at radius 1 is 1.00 bits per heavy atom. The minimum atomic E-state index is -0.958. The number of amides is 2. The number of hydrogen-bond acceptors (Lipinski definition) is 3. The summed E-state index contributed by atoms with van der Waals surface area (Å²) in [7, 11) is 0. The number of rotatable bonds is 7. The molecule has 0 aromatic heterocycles. The summed E-state index contributed by atoms with van der Waals surface area (Å²) in [5.41, 5.74) is 1.84. The lowest BCUT2D eigenvalue weighted by molar-refractivity contribution is -0.125. The van der Waals surface area contributed by atoms with Crippen LogP contribution < -0.4 is 5.32 Å². The zero-order chi connectivity index (χ0) is 25.2. The fraction of sp³-hybridized carbons (Fsp3) is 0.286. The predicted octanol–water partition coefficient (Wildman–Crippen LogP) is 5.40. The molecule has 182 valence electrons. The summed E-state index contributed by atoms with van der Waals surface area (Å²) in [6.07, 6.45) is 0.679.